The number of nitrogens with zero attached hydrogens (tertiary/aromatic N) is 4. The van der Waals surface area contributed by atoms with Crippen LogP contribution in [-0.2, 0) is 25.6 Å². The molecule has 0 spiro atoms. The van der Waals surface area contributed by atoms with Crippen molar-refractivity contribution in [2.24, 2.45) is 5.92 Å². The van der Waals surface area contributed by atoms with Gasteiger partial charge in [0.25, 0.3) is 17.4 Å². The summed E-state index contributed by atoms with van der Waals surface area (Å²) in [7, 11) is 7.94. The number of nitrogens with one attached hydrogen (secondary N) is 1. The fourth-order valence-electron chi connectivity index (χ4n) is 5.51. The Bertz CT molecular complexity index is 1820. The Morgan fingerprint density at radius 2 is 1.79 bits per heavy atom. The molecule has 1 N–H and O–H groups in total. The molecule has 222 valence electrons. The highest BCUT2D eigenvalue weighted by Crippen LogP contribution is 2.36. The second kappa shape index (κ2) is 11.3. The Labute approximate surface area is 255 Å². The van der Waals surface area contributed by atoms with Crippen LogP contribution in [0.5, 0.6) is 0 Å². The molecule has 1 atom stereocenters. The second-order valence-corrected chi connectivity index (χ2v) is 11.9. The van der Waals surface area contributed by atoms with E-state index in [4.69, 9.17) is 7.85 Å². The van der Waals surface area contributed by atoms with Crippen molar-refractivity contribution in [3.05, 3.63) is 90.8 Å². The Balaban J connectivity index is 1.68. The maximum absolute atomic E-state index is 14.2. The highest BCUT2D eigenvalue weighted by atomic mass is 79.9. The van der Waals surface area contributed by atoms with E-state index in [-0.39, 0.29) is 46.0 Å². The molecule has 0 aliphatic carbocycles. The van der Waals surface area contributed by atoms with Crippen molar-refractivity contribution >= 4 is 46.8 Å². The molecular weight excluding hydrogens is 626 g/mol. The van der Waals surface area contributed by atoms with Crippen LogP contribution in [0.3, 0.4) is 0 Å². The molecule has 0 bridgehead atoms. The van der Waals surface area contributed by atoms with Crippen LogP contribution >= 0.6 is 15.9 Å². The maximum atomic E-state index is 14.2. The second-order valence-electron chi connectivity index (χ2n) is 11.1. The number of fused-ring (bicyclic) bond motifs is 3. The lowest BCUT2D eigenvalue weighted by Crippen LogP contribution is -2.46. The van der Waals surface area contributed by atoms with E-state index in [1.807, 2.05) is 13.8 Å². The normalized spacial score (nSPS) is 15.2. The topological polar surface area (TPSA) is 88.7 Å². The van der Waals surface area contributed by atoms with E-state index in [9.17, 15) is 27.6 Å². The number of hydrogen-bond donors (Lipinski definition) is 1. The standard InChI is InChI=1S/C30H28BBrF3N5O3/c1-15(2)11-21-25(31)37-40-24-14-38(28(42)18-7-10-23(32)22(13-18)30(33,34)35)16(3)12-20(24)29(43)39(27(21)40)19-8-5-17(6-9-19)26(41)36-4/h5-10,13,15-16H,11-12,14H2,1-4H3,(H,36,41)/t16-/m0/s1. The highest BCUT2D eigenvalue weighted by Gasteiger charge is 2.36. The fourth-order valence-corrected chi connectivity index (χ4v) is 5.98. The van der Waals surface area contributed by atoms with E-state index in [2.05, 4.69) is 26.3 Å². The lowest BCUT2D eigenvalue weighted by molar-refractivity contribution is -0.138. The lowest BCUT2D eigenvalue weighted by Gasteiger charge is -2.35. The average Bonchev–Trinajstić information content (AvgIpc) is 3.26. The molecule has 5 rings (SSSR count). The monoisotopic (exact) mass is 653 g/mol. The molecule has 2 amide bonds. The van der Waals surface area contributed by atoms with Gasteiger partial charge in [0.1, 0.15) is 13.5 Å². The Morgan fingerprint density at radius 3 is 2.40 bits per heavy atom. The first-order valence-electron chi connectivity index (χ1n) is 13.7. The van der Waals surface area contributed by atoms with E-state index < -0.39 is 23.7 Å². The molecule has 0 saturated carbocycles. The SMILES string of the molecule is [B]c1nn2c3c(c(=O)n(-c4ccc(C(=O)NC)cc4)c2c1CC(C)C)C[C@H](C)N(C(=O)c1ccc(Br)c(C(F)(F)F)c1)C3. The molecule has 2 radical (unpaired) electrons. The van der Waals surface area contributed by atoms with Gasteiger partial charge in [-0.05, 0) is 68.1 Å². The van der Waals surface area contributed by atoms with Crippen LogP contribution in [0.25, 0.3) is 11.3 Å². The molecule has 43 heavy (non-hydrogen) atoms. The largest absolute Gasteiger partial charge is 0.417 e. The molecule has 0 saturated heterocycles. The highest BCUT2D eigenvalue weighted by molar-refractivity contribution is 9.10. The summed E-state index contributed by atoms with van der Waals surface area (Å²) >= 11 is 2.92. The lowest BCUT2D eigenvalue weighted by atomic mass is 9.93. The quantitative estimate of drug-likeness (QED) is 0.327. The van der Waals surface area contributed by atoms with Crippen molar-refractivity contribution in [3.8, 4) is 5.69 Å². The van der Waals surface area contributed by atoms with Crippen molar-refractivity contribution in [3.63, 3.8) is 0 Å². The molecule has 2 aromatic heterocycles. The van der Waals surface area contributed by atoms with Gasteiger partial charge >= 0.3 is 6.18 Å². The van der Waals surface area contributed by atoms with E-state index in [1.165, 1.54) is 28.6 Å². The van der Waals surface area contributed by atoms with Crippen LogP contribution in [0, 0.1) is 5.92 Å². The zero-order chi connectivity index (χ0) is 31.4. The van der Waals surface area contributed by atoms with Crippen LogP contribution in [0.15, 0.2) is 51.7 Å². The average molecular weight is 654 g/mol. The summed E-state index contributed by atoms with van der Waals surface area (Å²) in [5.41, 5.74) is 1.74. The summed E-state index contributed by atoms with van der Waals surface area (Å²) in [6.07, 6.45) is -3.99. The van der Waals surface area contributed by atoms with Gasteiger partial charge in [-0.2, -0.15) is 18.3 Å². The predicted octanol–water partition coefficient (Wildman–Crippen LogP) is 4.21. The zero-order valence-electron chi connectivity index (χ0n) is 23.9. The Hall–Kier alpha value is -3.87. The first kappa shape index (κ1) is 30.6. The third-order valence-corrected chi connectivity index (χ3v) is 8.31. The number of carbonyl (C=O) groups excluding carboxylic acids is 2. The maximum Gasteiger partial charge on any atom is 0.417 e. The number of alkyl halides is 3. The smallest absolute Gasteiger partial charge is 0.355 e. The minimum atomic E-state index is -4.65. The molecule has 1 aliphatic rings. The third-order valence-electron chi connectivity index (χ3n) is 7.62. The van der Waals surface area contributed by atoms with Gasteiger partial charge in [0.2, 0.25) is 0 Å². The number of benzene rings is 2. The number of carbonyl (C=O) groups is 2. The van der Waals surface area contributed by atoms with Gasteiger partial charge in [-0.15, -0.1) is 0 Å². The molecular formula is C30H28BBrF3N5O3. The predicted molar refractivity (Wildman–Crippen MR) is 160 cm³/mol. The van der Waals surface area contributed by atoms with Gasteiger partial charge in [-0.25, -0.2) is 4.52 Å². The number of aromatic nitrogens is 3. The molecule has 13 heteroatoms. The third kappa shape index (κ3) is 5.50. The minimum absolute atomic E-state index is 0.0584. The molecule has 0 unspecified atom stereocenters. The summed E-state index contributed by atoms with van der Waals surface area (Å²) in [6.45, 7) is 5.71. The van der Waals surface area contributed by atoms with Gasteiger partial charge < -0.3 is 10.2 Å². The van der Waals surface area contributed by atoms with Gasteiger partial charge in [-0.1, -0.05) is 29.8 Å². The zero-order valence-corrected chi connectivity index (χ0v) is 25.5. The van der Waals surface area contributed by atoms with Crippen LogP contribution < -0.4 is 16.5 Å². The molecule has 4 aromatic rings. The van der Waals surface area contributed by atoms with Gasteiger partial charge in [0, 0.05) is 45.4 Å². The van der Waals surface area contributed by atoms with Crippen LogP contribution in [0.4, 0.5) is 13.2 Å². The molecule has 8 nitrogen and oxygen atoms in total. The van der Waals surface area contributed by atoms with Crippen molar-refractivity contribution in [2.45, 2.75) is 52.4 Å². The van der Waals surface area contributed by atoms with Crippen molar-refractivity contribution in [1.82, 2.24) is 24.4 Å². The van der Waals surface area contributed by atoms with Crippen LogP contribution in [-0.4, -0.2) is 51.8 Å². The summed E-state index contributed by atoms with van der Waals surface area (Å²) in [5.74, 6) is -0.695. The van der Waals surface area contributed by atoms with E-state index in [1.54, 1.807) is 35.7 Å². The molecule has 1 aliphatic heterocycles. The first-order chi connectivity index (χ1) is 20.2. The minimum Gasteiger partial charge on any atom is -0.355 e. The number of amides is 2. The fraction of sp³-hybridized carbons (Fsp3) is 0.333. The summed E-state index contributed by atoms with van der Waals surface area (Å²) in [4.78, 5) is 41.4. The van der Waals surface area contributed by atoms with Gasteiger partial charge in [0.15, 0.2) is 0 Å². The van der Waals surface area contributed by atoms with Crippen LogP contribution in [0.1, 0.15) is 63.9 Å². The number of rotatable bonds is 5. The van der Waals surface area contributed by atoms with E-state index in [0.29, 0.717) is 40.1 Å². The number of hydrogen-bond acceptors (Lipinski definition) is 4. The van der Waals surface area contributed by atoms with Crippen molar-refractivity contribution < 1.29 is 22.8 Å². The summed E-state index contributed by atoms with van der Waals surface area (Å²) < 4.78 is 43.7. The van der Waals surface area contributed by atoms with Gasteiger partial charge in [-0.3, -0.25) is 19.0 Å². The summed E-state index contributed by atoms with van der Waals surface area (Å²) in [5, 5.41) is 7.16. The van der Waals surface area contributed by atoms with Crippen molar-refractivity contribution in [2.75, 3.05) is 7.05 Å². The molecule has 0 fully saturated rings. The Morgan fingerprint density at radius 1 is 1.14 bits per heavy atom. The Kier molecular flexibility index (Phi) is 8.06. The first-order valence-corrected chi connectivity index (χ1v) is 14.5. The van der Waals surface area contributed by atoms with Crippen molar-refractivity contribution in [1.29, 1.82) is 0 Å². The van der Waals surface area contributed by atoms with Gasteiger partial charge in [0.05, 0.1) is 23.5 Å². The number of halogens is 4. The van der Waals surface area contributed by atoms with Crippen LogP contribution in [0.2, 0.25) is 0 Å². The van der Waals surface area contributed by atoms with E-state index >= 15 is 0 Å². The molecule has 3 heterocycles. The molecule has 2 aromatic carbocycles. The van der Waals surface area contributed by atoms with E-state index in [0.717, 1.165) is 6.07 Å². The summed E-state index contributed by atoms with van der Waals surface area (Å²) in [6, 6.07) is 9.46.